The summed E-state index contributed by atoms with van der Waals surface area (Å²) < 4.78 is 0. The van der Waals surface area contributed by atoms with Crippen LogP contribution in [0.4, 0.5) is 0 Å². The average Bonchev–Trinajstić information content (AvgIpc) is 3.04. The van der Waals surface area contributed by atoms with Gasteiger partial charge in [-0.1, -0.05) is 29.8 Å². The highest BCUT2D eigenvalue weighted by molar-refractivity contribution is 6.33. The molecule has 0 saturated carbocycles. The summed E-state index contributed by atoms with van der Waals surface area (Å²) in [6.07, 6.45) is -0.349. The molecular weight excluding hydrogens is 328 g/mol. The van der Waals surface area contributed by atoms with E-state index in [9.17, 15) is 9.90 Å². The van der Waals surface area contributed by atoms with Crippen LogP contribution in [-0.4, -0.2) is 69.8 Å². The van der Waals surface area contributed by atoms with Crippen molar-refractivity contribution in [1.82, 2.24) is 20.0 Å². The minimum absolute atomic E-state index is 0.0579. The molecule has 0 spiro atoms. The molecule has 1 aromatic heterocycles. The zero-order valence-corrected chi connectivity index (χ0v) is 14.3. The van der Waals surface area contributed by atoms with Crippen LogP contribution in [0.25, 0.3) is 11.3 Å². The maximum atomic E-state index is 12.6. The molecule has 1 atom stereocenters. The minimum Gasteiger partial charge on any atom is -0.392 e. The van der Waals surface area contributed by atoms with Crippen LogP contribution in [-0.2, 0) is 0 Å². The van der Waals surface area contributed by atoms with Crippen molar-refractivity contribution in [3.8, 4) is 11.3 Å². The Morgan fingerprint density at radius 3 is 2.71 bits per heavy atom. The van der Waals surface area contributed by atoms with E-state index in [1.54, 1.807) is 19.1 Å². The molecular formula is C17H21ClN4O2. The predicted molar refractivity (Wildman–Crippen MR) is 93.1 cm³/mol. The number of nitrogens with zero attached hydrogens (tertiary/aromatic N) is 3. The number of aliphatic hydroxyl groups is 1. The summed E-state index contributed by atoms with van der Waals surface area (Å²) >= 11 is 6.18. The number of nitrogens with one attached hydrogen (secondary N) is 1. The highest BCUT2D eigenvalue weighted by atomic mass is 35.5. The Balaban J connectivity index is 1.66. The molecule has 1 aliphatic heterocycles. The number of halogens is 1. The van der Waals surface area contributed by atoms with Crippen LogP contribution in [0.5, 0.6) is 0 Å². The summed E-state index contributed by atoms with van der Waals surface area (Å²) in [7, 11) is 0. The molecule has 2 heterocycles. The summed E-state index contributed by atoms with van der Waals surface area (Å²) in [5, 5.41) is 17.1. The summed E-state index contributed by atoms with van der Waals surface area (Å²) in [6.45, 7) is 5.24. The number of hydrogen-bond acceptors (Lipinski definition) is 4. The number of rotatable bonds is 4. The van der Waals surface area contributed by atoms with Crippen molar-refractivity contribution in [3.05, 3.63) is 41.0 Å². The Labute approximate surface area is 146 Å². The first-order chi connectivity index (χ1) is 11.5. The van der Waals surface area contributed by atoms with Gasteiger partial charge in [-0.05, 0) is 19.1 Å². The molecule has 0 radical (unpaired) electrons. The standard InChI is InChI=1S/C17H21ClN4O2/c1-12(23)11-21-6-8-22(9-7-21)17(24)16-10-15(19-20-16)13-4-2-3-5-14(13)18/h2-5,10,12,23H,6-9,11H2,1H3,(H,19,20). The van der Waals surface area contributed by atoms with Crippen LogP contribution in [0.2, 0.25) is 5.02 Å². The van der Waals surface area contributed by atoms with Crippen LogP contribution in [0.15, 0.2) is 30.3 Å². The molecule has 1 fully saturated rings. The summed E-state index contributed by atoms with van der Waals surface area (Å²) in [5.41, 5.74) is 1.93. The second-order valence-corrected chi connectivity index (χ2v) is 6.50. The Hall–Kier alpha value is -1.89. The van der Waals surface area contributed by atoms with Gasteiger partial charge >= 0.3 is 0 Å². The van der Waals surface area contributed by atoms with Crippen LogP contribution >= 0.6 is 11.6 Å². The number of β-amino-alcohol motifs (C(OH)–C–C–N with tert-alkyl or cyclic N) is 1. The number of piperazine rings is 1. The van der Waals surface area contributed by atoms with Gasteiger partial charge in [-0.25, -0.2) is 0 Å². The zero-order chi connectivity index (χ0) is 17.1. The number of amides is 1. The number of benzene rings is 1. The van der Waals surface area contributed by atoms with E-state index in [1.165, 1.54) is 0 Å². The minimum atomic E-state index is -0.349. The molecule has 128 valence electrons. The van der Waals surface area contributed by atoms with Gasteiger partial charge in [0.25, 0.3) is 5.91 Å². The van der Waals surface area contributed by atoms with Gasteiger partial charge in [-0.3, -0.25) is 14.8 Å². The fourth-order valence-electron chi connectivity index (χ4n) is 2.92. The number of aromatic nitrogens is 2. The van der Waals surface area contributed by atoms with Crippen molar-refractivity contribution in [2.75, 3.05) is 32.7 Å². The highest BCUT2D eigenvalue weighted by Crippen LogP contribution is 2.26. The molecule has 2 aromatic rings. The smallest absolute Gasteiger partial charge is 0.271 e. The molecule has 7 heteroatoms. The highest BCUT2D eigenvalue weighted by Gasteiger charge is 2.24. The average molecular weight is 349 g/mol. The monoisotopic (exact) mass is 348 g/mol. The topological polar surface area (TPSA) is 72.5 Å². The summed E-state index contributed by atoms with van der Waals surface area (Å²) in [6, 6.07) is 9.16. The van der Waals surface area contributed by atoms with E-state index in [1.807, 2.05) is 23.1 Å². The van der Waals surface area contributed by atoms with Gasteiger partial charge in [0.2, 0.25) is 0 Å². The van der Waals surface area contributed by atoms with E-state index < -0.39 is 0 Å². The maximum absolute atomic E-state index is 12.6. The van der Waals surface area contributed by atoms with Crippen LogP contribution in [0, 0.1) is 0 Å². The third kappa shape index (κ3) is 3.77. The maximum Gasteiger partial charge on any atom is 0.271 e. The third-order valence-corrected chi connectivity index (χ3v) is 4.47. The molecule has 24 heavy (non-hydrogen) atoms. The Morgan fingerprint density at radius 2 is 2.04 bits per heavy atom. The molecule has 1 unspecified atom stereocenters. The van der Waals surface area contributed by atoms with E-state index in [0.717, 1.165) is 18.7 Å². The van der Waals surface area contributed by atoms with Crippen molar-refractivity contribution in [2.24, 2.45) is 0 Å². The number of aliphatic hydroxyl groups excluding tert-OH is 1. The Kier molecular flexibility index (Phi) is 5.18. The fourth-order valence-corrected chi connectivity index (χ4v) is 3.15. The summed E-state index contributed by atoms with van der Waals surface area (Å²) in [5.74, 6) is -0.0579. The predicted octanol–water partition coefficient (Wildman–Crippen LogP) is 1.87. The van der Waals surface area contributed by atoms with Crippen molar-refractivity contribution in [2.45, 2.75) is 13.0 Å². The Bertz CT molecular complexity index is 708. The third-order valence-electron chi connectivity index (χ3n) is 4.14. The number of H-pyrrole nitrogens is 1. The molecule has 1 aromatic carbocycles. The first-order valence-electron chi connectivity index (χ1n) is 8.04. The molecule has 1 aliphatic rings. The van der Waals surface area contributed by atoms with E-state index >= 15 is 0 Å². The Morgan fingerprint density at radius 1 is 1.33 bits per heavy atom. The normalized spacial score (nSPS) is 17.0. The molecule has 1 saturated heterocycles. The van der Waals surface area contributed by atoms with Crippen molar-refractivity contribution < 1.29 is 9.90 Å². The van der Waals surface area contributed by atoms with Crippen molar-refractivity contribution in [1.29, 1.82) is 0 Å². The lowest BCUT2D eigenvalue weighted by Gasteiger charge is -2.34. The van der Waals surface area contributed by atoms with Gasteiger partial charge in [0.15, 0.2) is 0 Å². The largest absolute Gasteiger partial charge is 0.392 e. The van der Waals surface area contributed by atoms with Gasteiger partial charge in [0.1, 0.15) is 5.69 Å². The van der Waals surface area contributed by atoms with Crippen molar-refractivity contribution in [3.63, 3.8) is 0 Å². The molecule has 0 aliphatic carbocycles. The number of carbonyl (C=O) groups is 1. The zero-order valence-electron chi connectivity index (χ0n) is 13.6. The number of carbonyl (C=O) groups excluding carboxylic acids is 1. The lowest BCUT2D eigenvalue weighted by molar-refractivity contribution is 0.0549. The van der Waals surface area contributed by atoms with Crippen molar-refractivity contribution >= 4 is 17.5 Å². The van der Waals surface area contributed by atoms with E-state index in [4.69, 9.17) is 11.6 Å². The van der Waals surface area contributed by atoms with Crippen LogP contribution in [0.1, 0.15) is 17.4 Å². The number of aromatic amines is 1. The van der Waals surface area contributed by atoms with Crippen LogP contribution < -0.4 is 0 Å². The second kappa shape index (κ2) is 7.34. The molecule has 6 nitrogen and oxygen atoms in total. The first-order valence-corrected chi connectivity index (χ1v) is 8.42. The van der Waals surface area contributed by atoms with E-state index in [2.05, 4.69) is 15.1 Å². The van der Waals surface area contributed by atoms with Gasteiger partial charge < -0.3 is 10.0 Å². The SMILES string of the molecule is CC(O)CN1CCN(C(=O)c2cc(-c3ccccc3Cl)n[nH]2)CC1. The first kappa shape index (κ1) is 17.0. The fraction of sp³-hybridized carbons (Fsp3) is 0.412. The van der Waals surface area contributed by atoms with Gasteiger partial charge in [-0.2, -0.15) is 5.10 Å². The number of hydrogen-bond donors (Lipinski definition) is 2. The molecule has 0 bridgehead atoms. The second-order valence-electron chi connectivity index (χ2n) is 6.09. The van der Waals surface area contributed by atoms with E-state index in [-0.39, 0.29) is 12.0 Å². The van der Waals surface area contributed by atoms with E-state index in [0.29, 0.717) is 36.0 Å². The van der Waals surface area contributed by atoms with Crippen LogP contribution in [0.3, 0.4) is 0 Å². The quantitative estimate of drug-likeness (QED) is 0.884. The summed E-state index contributed by atoms with van der Waals surface area (Å²) in [4.78, 5) is 16.6. The van der Waals surface area contributed by atoms with Gasteiger partial charge in [0.05, 0.1) is 16.8 Å². The molecule has 2 N–H and O–H groups in total. The molecule has 1 amide bonds. The lowest BCUT2D eigenvalue weighted by Crippen LogP contribution is -2.50. The lowest BCUT2D eigenvalue weighted by atomic mass is 10.1. The molecule has 3 rings (SSSR count). The van der Waals surface area contributed by atoms with Gasteiger partial charge in [-0.15, -0.1) is 0 Å². The van der Waals surface area contributed by atoms with Gasteiger partial charge in [0, 0.05) is 38.3 Å².